The Kier molecular flexibility index (Phi) is 9.65. The normalized spacial score (nSPS) is 18.8. The molecule has 14 heteroatoms. The van der Waals surface area contributed by atoms with Gasteiger partial charge in [-0.25, -0.2) is 9.37 Å². The Morgan fingerprint density at radius 3 is 2.62 bits per heavy atom. The van der Waals surface area contributed by atoms with E-state index in [0.717, 1.165) is 15.3 Å². The third kappa shape index (κ3) is 6.32. The summed E-state index contributed by atoms with van der Waals surface area (Å²) < 4.78 is 56.4. The van der Waals surface area contributed by atoms with Gasteiger partial charge in [-0.3, -0.25) is 14.5 Å². The molecular formula is C33H38ClFN6O5S. The van der Waals surface area contributed by atoms with E-state index in [9.17, 15) is 17.6 Å². The van der Waals surface area contributed by atoms with E-state index in [1.165, 1.54) is 26.2 Å². The van der Waals surface area contributed by atoms with E-state index in [4.69, 9.17) is 9.47 Å². The molecule has 2 aromatic carbocycles. The first-order valence-corrected chi connectivity index (χ1v) is 16.5. The van der Waals surface area contributed by atoms with Crippen LogP contribution < -0.4 is 24.4 Å². The molecule has 2 N–H and O–H groups in total. The molecule has 2 aliphatic rings. The summed E-state index contributed by atoms with van der Waals surface area (Å²) in [6.45, 7) is 5.03. The van der Waals surface area contributed by atoms with Crippen molar-refractivity contribution in [2.75, 3.05) is 43.9 Å². The fraction of sp³-hybridized carbons (Fsp3) is 0.364. The average Bonchev–Trinajstić information content (AvgIpc) is 3.22. The van der Waals surface area contributed by atoms with Crippen LogP contribution >= 0.6 is 12.4 Å². The van der Waals surface area contributed by atoms with Crippen LogP contribution in [-0.4, -0.2) is 75.0 Å². The van der Waals surface area contributed by atoms with Crippen LogP contribution in [0, 0.1) is 5.82 Å². The molecular weight excluding hydrogens is 647 g/mol. The van der Waals surface area contributed by atoms with Crippen LogP contribution in [0.15, 0.2) is 60.9 Å². The molecule has 250 valence electrons. The second-order valence-corrected chi connectivity index (χ2v) is 14.0. The number of aromatic nitrogens is 2. The lowest BCUT2D eigenvalue weighted by Crippen LogP contribution is -2.53. The Morgan fingerprint density at radius 1 is 1.13 bits per heavy atom. The molecule has 47 heavy (non-hydrogen) atoms. The molecule has 1 spiro atoms. The second kappa shape index (κ2) is 13.2. The van der Waals surface area contributed by atoms with Crippen LogP contribution in [0.4, 0.5) is 15.8 Å². The minimum Gasteiger partial charge on any atom is -0.490 e. The van der Waals surface area contributed by atoms with E-state index in [0.29, 0.717) is 65.6 Å². The summed E-state index contributed by atoms with van der Waals surface area (Å²) in [6.07, 6.45) is 3.62. The Labute approximate surface area is 280 Å². The predicted octanol–water partition coefficient (Wildman–Crippen LogP) is 4.91. The molecule has 0 unspecified atom stereocenters. The fourth-order valence-electron chi connectivity index (χ4n) is 6.22. The van der Waals surface area contributed by atoms with Crippen molar-refractivity contribution in [2.45, 2.75) is 44.2 Å². The highest BCUT2D eigenvalue weighted by Gasteiger charge is 2.59. The number of hydrogen-bond acceptors (Lipinski definition) is 8. The molecule has 2 aromatic heterocycles. The van der Waals surface area contributed by atoms with Gasteiger partial charge in [-0.15, -0.1) is 12.4 Å². The SMILES string of the molecule is CC(C)NCCOc1ncccc1-c1c(NS(=O)(=O)N(C)C)cccc1OC1CC2(C1)C(=O)N(C)c1cnc3cc(F)ccc3c12.Cl. The summed E-state index contributed by atoms with van der Waals surface area (Å²) in [4.78, 5) is 24.2. The smallest absolute Gasteiger partial charge is 0.301 e. The number of fused-ring (bicyclic) bond motifs is 4. The Balaban J connectivity index is 0.00000433. The van der Waals surface area contributed by atoms with Gasteiger partial charge < -0.3 is 19.7 Å². The molecule has 0 radical (unpaired) electrons. The summed E-state index contributed by atoms with van der Waals surface area (Å²) in [6, 6.07) is 13.4. The molecule has 11 nitrogen and oxygen atoms in total. The fourth-order valence-corrected chi connectivity index (χ4v) is 6.85. The number of amides is 1. The number of hydrogen-bond donors (Lipinski definition) is 2. The molecule has 0 bridgehead atoms. The molecule has 1 aliphatic heterocycles. The lowest BCUT2D eigenvalue weighted by molar-refractivity contribution is -0.129. The topological polar surface area (TPSA) is 126 Å². The molecule has 4 aromatic rings. The van der Waals surface area contributed by atoms with Gasteiger partial charge in [0.15, 0.2) is 0 Å². The van der Waals surface area contributed by atoms with Gasteiger partial charge in [0.1, 0.15) is 24.3 Å². The highest BCUT2D eigenvalue weighted by atomic mass is 35.5. The maximum Gasteiger partial charge on any atom is 0.301 e. The van der Waals surface area contributed by atoms with Crippen LogP contribution in [0.2, 0.25) is 0 Å². The first-order valence-electron chi connectivity index (χ1n) is 15.1. The quantitative estimate of drug-likeness (QED) is 0.214. The summed E-state index contributed by atoms with van der Waals surface area (Å²) >= 11 is 0. The molecule has 1 fully saturated rings. The number of carbonyl (C=O) groups is 1. The average molecular weight is 685 g/mol. The first kappa shape index (κ1) is 34.3. The van der Waals surface area contributed by atoms with Crippen LogP contribution in [0.3, 0.4) is 0 Å². The molecule has 3 heterocycles. The van der Waals surface area contributed by atoms with E-state index in [1.807, 2.05) is 13.8 Å². The molecule has 0 saturated heterocycles. The lowest BCUT2D eigenvalue weighted by atomic mass is 9.62. The summed E-state index contributed by atoms with van der Waals surface area (Å²) in [5.41, 5.74) is 2.48. The minimum atomic E-state index is -3.88. The van der Waals surface area contributed by atoms with Crippen molar-refractivity contribution < 1.29 is 27.1 Å². The van der Waals surface area contributed by atoms with Gasteiger partial charge in [0.2, 0.25) is 11.8 Å². The number of anilines is 2. The molecule has 1 amide bonds. The van der Waals surface area contributed by atoms with Gasteiger partial charge in [0.25, 0.3) is 0 Å². The largest absolute Gasteiger partial charge is 0.490 e. The number of ether oxygens (including phenoxy) is 2. The van der Waals surface area contributed by atoms with Crippen LogP contribution in [-0.2, 0) is 20.4 Å². The van der Waals surface area contributed by atoms with Gasteiger partial charge >= 0.3 is 10.2 Å². The molecule has 0 atom stereocenters. The standard InChI is InChI=1S/C33H37FN6O5S.ClH/c1-20(2)35-14-15-44-31-24(8-7-13-36-31)29-25(38-46(42,43)39(3)4)9-6-10-28(29)45-22-17-33(18-22)30-23-12-11-21(34)16-26(23)37-19-27(30)40(5)32(33)41;/h6-13,16,19-20,22,35,38H,14-15,17-18H2,1-5H3;1H. The molecule has 6 rings (SSSR count). The van der Waals surface area contributed by atoms with Crippen molar-refractivity contribution >= 4 is 50.8 Å². The zero-order chi connectivity index (χ0) is 32.8. The van der Waals surface area contributed by atoms with E-state index in [1.54, 1.807) is 60.7 Å². The third-order valence-electron chi connectivity index (χ3n) is 8.49. The maximum atomic E-state index is 14.0. The van der Waals surface area contributed by atoms with E-state index in [2.05, 4.69) is 20.0 Å². The van der Waals surface area contributed by atoms with Crippen LogP contribution in [0.5, 0.6) is 11.6 Å². The van der Waals surface area contributed by atoms with Crippen LogP contribution in [0.25, 0.3) is 22.0 Å². The number of pyridine rings is 2. The number of rotatable bonds is 11. The summed E-state index contributed by atoms with van der Waals surface area (Å²) in [5, 5.41) is 4.04. The Morgan fingerprint density at radius 2 is 1.89 bits per heavy atom. The summed E-state index contributed by atoms with van der Waals surface area (Å²) in [5.74, 6) is 0.283. The van der Waals surface area contributed by atoms with Gasteiger partial charge in [-0.2, -0.15) is 12.7 Å². The number of nitrogens with one attached hydrogen (secondary N) is 2. The zero-order valence-electron chi connectivity index (χ0n) is 26.8. The number of likely N-dealkylation sites (N-methyl/N-ethyl adjacent to an activating group) is 1. The first-order chi connectivity index (χ1) is 21.9. The van der Waals surface area contributed by atoms with E-state index >= 15 is 0 Å². The molecule has 1 aliphatic carbocycles. The van der Waals surface area contributed by atoms with Crippen molar-refractivity contribution in [3.05, 3.63) is 72.3 Å². The maximum absolute atomic E-state index is 14.0. The molecule has 1 saturated carbocycles. The Bertz CT molecular complexity index is 1920. The van der Waals surface area contributed by atoms with Crippen LogP contribution in [0.1, 0.15) is 32.3 Å². The van der Waals surface area contributed by atoms with E-state index in [-0.39, 0.29) is 30.5 Å². The number of carbonyl (C=O) groups excluding carboxylic acids is 1. The lowest BCUT2D eigenvalue weighted by Gasteiger charge is -2.44. The third-order valence-corrected chi connectivity index (χ3v) is 9.93. The second-order valence-electron chi connectivity index (χ2n) is 12.2. The highest BCUT2D eigenvalue weighted by molar-refractivity contribution is 7.90. The van der Waals surface area contributed by atoms with E-state index < -0.39 is 21.4 Å². The minimum absolute atomic E-state index is 0. The van der Waals surface area contributed by atoms with Crippen molar-refractivity contribution in [3.63, 3.8) is 0 Å². The van der Waals surface area contributed by atoms with Gasteiger partial charge in [-0.1, -0.05) is 19.9 Å². The monoisotopic (exact) mass is 684 g/mol. The van der Waals surface area contributed by atoms with Gasteiger partial charge in [-0.05, 0) is 36.4 Å². The van der Waals surface area contributed by atoms with Gasteiger partial charge in [0.05, 0.1) is 34.1 Å². The van der Waals surface area contributed by atoms with Crippen molar-refractivity contribution in [1.29, 1.82) is 0 Å². The van der Waals surface area contributed by atoms with Crippen molar-refractivity contribution in [1.82, 2.24) is 19.6 Å². The van der Waals surface area contributed by atoms with Crippen molar-refractivity contribution in [2.24, 2.45) is 0 Å². The zero-order valence-corrected chi connectivity index (χ0v) is 28.4. The Hall–Kier alpha value is -4.04. The highest BCUT2D eigenvalue weighted by Crippen LogP contribution is 2.56. The predicted molar refractivity (Wildman–Crippen MR) is 182 cm³/mol. The van der Waals surface area contributed by atoms with Gasteiger partial charge in [0, 0.05) is 75.3 Å². The number of halogens is 2. The number of nitrogens with zero attached hydrogens (tertiary/aromatic N) is 4. The number of benzene rings is 2. The van der Waals surface area contributed by atoms with Crippen molar-refractivity contribution in [3.8, 4) is 22.8 Å². The summed E-state index contributed by atoms with van der Waals surface area (Å²) in [7, 11) is 0.729.